The molecule has 6 atom stereocenters. The highest BCUT2D eigenvalue weighted by Crippen LogP contribution is 2.50. The van der Waals surface area contributed by atoms with Crippen LogP contribution in [0.2, 0.25) is 0 Å². The van der Waals surface area contributed by atoms with Crippen LogP contribution in [0.1, 0.15) is 132 Å². The Labute approximate surface area is 405 Å². The number of carbonyl (C=O) groups excluding carboxylic acids is 4. The first-order chi connectivity index (χ1) is 33.7. The SMILES string of the molecule is COC(=O)N[C@H](C(=O)N1CCC[C@H]1c1nc2cc([C@H]3CC[C@H](c4ccc5[nH]c([C@@H]6CCCN6C(=O)[C@@H](NC(=O)OC)C(C)C)nc5c4)N3c3cc(F)c(N4CCCCC4)c(F)c3F)ccc2[nH]1)C(C)C. The molecule has 0 radical (unpaired) electrons. The minimum absolute atomic E-state index is 0.186. The summed E-state index contributed by atoms with van der Waals surface area (Å²) in [4.78, 5) is 75.9. The van der Waals surface area contributed by atoms with E-state index in [0.29, 0.717) is 74.5 Å². The van der Waals surface area contributed by atoms with Crippen LogP contribution >= 0.6 is 0 Å². The first kappa shape index (κ1) is 48.5. The zero-order valence-corrected chi connectivity index (χ0v) is 40.6. The number of rotatable bonds is 12. The Bertz CT molecular complexity index is 2630. The number of aromatic nitrogens is 4. The van der Waals surface area contributed by atoms with Crippen molar-refractivity contribution in [2.24, 2.45) is 11.8 Å². The monoisotopic (exact) mass is 968 g/mol. The smallest absolute Gasteiger partial charge is 0.407 e. The number of halogens is 3. The summed E-state index contributed by atoms with van der Waals surface area (Å²) in [7, 11) is 2.51. The zero-order chi connectivity index (χ0) is 49.5. The number of nitrogens with zero attached hydrogens (tertiary/aromatic N) is 6. The van der Waals surface area contributed by atoms with Gasteiger partial charge in [0, 0.05) is 32.2 Å². The van der Waals surface area contributed by atoms with Gasteiger partial charge in [-0.3, -0.25) is 9.59 Å². The van der Waals surface area contributed by atoms with E-state index in [9.17, 15) is 19.2 Å². The first-order valence-electron chi connectivity index (χ1n) is 24.7. The normalized spacial score (nSPS) is 21.6. The Hall–Kier alpha value is -6.53. The minimum atomic E-state index is -1.21. The molecule has 0 unspecified atom stereocenters. The molecule has 4 fully saturated rings. The fourth-order valence-corrected chi connectivity index (χ4v) is 11.2. The van der Waals surface area contributed by atoms with E-state index in [2.05, 4.69) is 20.6 Å². The molecule has 6 heterocycles. The maximum Gasteiger partial charge on any atom is 0.407 e. The van der Waals surface area contributed by atoms with Gasteiger partial charge in [0.05, 0.1) is 66.1 Å². The summed E-state index contributed by atoms with van der Waals surface area (Å²) in [5.41, 5.74) is 3.70. The molecule has 9 rings (SSSR count). The molecule has 4 aliphatic heterocycles. The number of piperidine rings is 1. The molecule has 5 aromatic rings. The highest BCUT2D eigenvalue weighted by Gasteiger charge is 2.42. The van der Waals surface area contributed by atoms with Crippen molar-refractivity contribution < 1.29 is 41.8 Å². The Balaban J connectivity index is 1.05. The molecule has 70 heavy (non-hydrogen) atoms. The van der Waals surface area contributed by atoms with Crippen LogP contribution in [0.4, 0.5) is 34.1 Å². The molecule has 3 aromatic carbocycles. The van der Waals surface area contributed by atoms with Crippen molar-refractivity contribution in [3.8, 4) is 0 Å². The lowest BCUT2D eigenvalue weighted by atomic mass is 10.0. The third-order valence-electron chi connectivity index (χ3n) is 14.8. The van der Waals surface area contributed by atoms with Gasteiger partial charge in [-0.1, -0.05) is 39.8 Å². The van der Waals surface area contributed by atoms with Crippen molar-refractivity contribution in [1.82, 2.24) is 40.4 Å². The number of amides is 4. The number of likely N-dealkylation sites (tertiary alicyclic amines) is 2. The fourth-order valence-electron chi connectivity index (χ4n) is 11.2. The summed E-state index contributed by atoms with van der Waals surface area (Å²) >= 11 is 0. The number of alkyl carbamates (subject to hydrolysis) is 2. The lowest BCUT2D eigenvalue weighted by molar-refractivity contribution is -0.136. The number of nitrogens with one attached hydrogen (secondary N) is 4. The number of imidazole rings is 2. The van der Waals surface area contributed by atoms with Crippen LogP contribution in [-0.2, 0) is 19.1 Å². The van der Waals surface area contributed by atoms with E-state index in [0.717, 1.165) is 60.3 Å². The molecule has 4 aliphatic rings. The number of carbonyl (C=O) groups is 4. The fraction of sp³-hybridized carbons (Fsp3) is 0.529. The third kappa shape index (κ3) is 9.18. The molecule has 0 saturated carbocycles. The highest BCUT2D eigenvalue weighted by molar-refractivity contribution is 5.88. The van der Waals surface area contributed by atoms with Crippen LogP contribution in [0.3, 0.4) is 0 Å². The topological polar surface area (TPSA) is 181 Å². The summed E-state index contributed by atoms with van der Waals surface area (Å²) in [5, 5.41) is 5.37. The van der Waals surface area contributed by atoms with Crippen molar-refractivity contribution in [2.45, 2.75) is 122 Å². The van der Waals surface area contributed by atoms with E-state index in [1.807, 2.05) is 64.1 Å². The van der Waals surface area contributed by atoms with Crippen LogP contribution < -0.4 is 20.4 Å². The second kappa shape index (κ2) is 20.1. The van der Waals surface area contributed by atoms with Gasteiger partial charge in [0.15, 0.2) is 17.5 Å². The lowest BCUT2D eigenvalue weighted by Crippen LogP contribution is -2.51. The molecular weight excluding hydrogens is 906 g/mol. The Morgan fingerprint density at radius 2 is 1.09 bits per heavy atom. The van der Waals surface area contributed by atoms with Crippen LogP contribution in [0.15, 0.2) is 42.5 Å². The van der Waals surface area contributed by atoms with Crippen molar-refractivity contribution >= 4 is 57.4 Å². The second-order valence-electron chi connectivity index (χ2n) is 19.8. The number of aromatic amines is 2. The zero-order valence-electron chi connectivity index (χ0n) is 40.6. The minimum Gasteiger partial charge on any atom is -0.453 e. The van der Waals surface area contributed by atoms with Crippen molar-refractivity contribution in [1.29, 1.82) is 0 Å². The van der Waals surface area contributed by atoms with Gasteiger partial charge in [-0.25, -0.2) is 32.7 Å². The molecule has 0 spiro atoms. The van der Waals surface area contributed by atoms with Gasteiger partial charge in [0.25, 0.3) is 0 Å². The van der Waals surface area contributed by atoms with E-state index >= 15 is 13.2 Å². The standard InChI is InChI=1S/C51H63F3N10O6/c1-27(2)43(59-50(67)69-5)48(65)62-22-10-12-38(62)46-55-32-16-14-29(24-34(32)57-46)36-18-19-37(64(36)40-26-31(52)45(42(54)41(40)53)61-20-8-7-9-21-61)30-15-17-33-35(25-30)58-47(56-33)39-13-11-23-63(39)49(66)44(28(3)4)60-51(68)70-6/h14-17,24-28,36-39,43-44H,7-13,18-23H2,1-6H3,(H,55,57)(H,56,58)(H,59,67)(H,60,68)/t36-,37-,38+,39+,43+,44+/m1/s1. The van der Waals surface area contributed by atoms with Crippen LogP contribution in [0.5, 0.6) is 0 Å². The summed E-state index contributed by atoms with van der Waals surface area (Å²) in [6.45, 7) is 9.29. The molecule has 4 amide bonds. The Morgan fingerprint density at radius 3 is 1.53 bits per heavy atom. The first-order valence-corrected chi connectivity index (χ1v) is 24.7. The van der Waals surface area contributed by atoms with Crippen LogP contribution in [0, 0.1) is 29.3 Å². The molecular formula is C51H63F3N10O6. The second-order valence-corrected chi connectivity index (χ2v) is 19.8. The van der Waals surface area contributed by atoms with Crippen molar-refractivity contribution in [3.63, 3.8) is 0 Å². The predicted octanol–water partition coefficient (Wildman–Crippen LogP) is 9.02. The van der Waals surface area contributed by atoms with E-state index in [1.165, 1.54) is 14.2 Å². The Morgan fingerprint density at radius 1 is 0.614 bits per heavy atom. The van der Waals surface area contributed by atoms with Gasteiger partial charge in [-0.05, 0) is 105 Å². The maximum atomic E-state index is 16.9. The molecule has 374 valence electrons. The average molecular weight is 969 g/mol. The van der Waals surface area contributed by atoms with Gasteiger partial charge >= 0.3 is 12.2 Å². The van der Waals surface area contributed by atoms with Crippen molar-refractivity contribution in [2.75, 3.05) is 50.2 Å². The largest absolute Gasteiger partial charge is 0.453 e. The number of benzene rings is 3. The van der Waals surface area contributed by atoms with E-state index in [4.69, 9.17) is 19.4 Å². The maximum absolute atomic E-state index is 16.9. The van der Waals surface area contributed by atoms with Crippen molar-refractivity contribution in [3.05, 3.63) is 82.7 Å². The van der Waals surface area contributed by atoms with E-state index in [1.54, 1.807) is 19.6 Å². The summed E-state index contributed by atoms with van der Waals surface area (Å²) in [5.74, 6) is -2.82. The molecule has 16 nitrogen and oxygen atoms in total. The lowest BCUT2D eigenvalue weighted by Gasteiger charge is -2.35. The molecule has 0 bridgehead atoms. The quantitative estimate of drug-likeness (QED) is 0.0882. The molecule has 4 N–H and O–H groups in total. The summed E-state index contributed by atoms with van der Waals surface area (Å²) in [6, 6.07) is 9.23. The molecule has 2 aromatic heterocycles. The number of fused-ring (bicyclic) bond motifs is 2. The number of anilines is 2. The number of H-pyrrole nitrogens is 2. The molecule has 0 aliphatic carbocycles. The molecule has 4 saturated heterocycles. The van der Waals surface area contributed by atoms with Gasteiger partial charge in [0.2, 0.25) is 11.8 Å². The Kier molecular flexibility index (Phi) is 13.9. The van der Waals surface area contributed by atoms with Gasteiger partial charge in [-0.15, -0.1) is 0 Å². The van der Waals surface area contributed by atoms with Crippen LogP contribution in [-0.4, -0.2) is 106 Å². The van der Waals surface area contributed by atoms with Gasteiger partial charge < -0.3 is 49.7 Å². The van der Waals surface area contributed by atoms with E-state index < -0.39 is 53.8 Å². The molecule has 19 heteroatoms. The van der Waals surface area contributed by atoms with E-state index in [-0.39, 0.29) is 47.1 Å². The average Bonchev–Trinajstić information content (AvgIpc) is 4.22. The number of ether oxygens (including phenoxy) is 2. The third-order valence-corrected chi connectivity index (χ3v) is 14.8. The number of methoxy groups -OCH3 is 2. The summed E-state index contributed by atoms with van der Waals surface area (Å²) in [6.07, 6.45) is 4.92. The number of hydrogen-bond donors (Lipinski definition) is 4. The van der Waals surface area contributed by atoms with Crippen LogP contribution in [0.25, 0.3) is 22.1 Å². The summed E-state index contributed by atoms with van der Waals surface area (Å²) < 4.78 is 59.4. The number of hydrogen-bond acceptors (Lipinski definition) is 10. The highest BCUT2D eigenvalue weighted by atomic mass is 19.2. The van der Waals surface area contributed by atoms with Gasteiger partial charge in [0.1, 0.15) is 29.4 Å². The predicted molar refractivity (Wildman–Crippen MR) is 257 cm³/mol. The van der Waals surface area contributed by atoms with Gasteiger partial charge in [-0.2, -0.15) is 0 Å².